The fourth-order valence-corrected chi connectivity index (χ4v) is 2.48. The van der Waals surface area contributed by atoms with E-state index >= 15 is 0 Å². The summed E-state index contributed by atoms with van der Waals surface area (Å²) in [5.74, 6) is 0.693. The van der Waals surface area contributed by atoms with Gasteiger partial charge in [0.05, 0.1) is 25.5 Å². The first-order chi connectivity index (χ1) is 11.7. The summed E-state index contributed by atoms with van der Waals surface area (Å²) in [6.45, 7) is 5.21. The molecule has 7 nitrogen and oxygen atoms in total. The van der Waals surface area contributed by atoms with Crippen LogP contribution in [0.5, 0.6) is 0 Å². The largest absolute Gasteiger partial charge is 0.378 e. The molecule has 0 saturated carbocycles. The van der Waals surface area contributed by atoms with Gasteiger partial charge < -0.3 is 20.3 Å². The van der Waals surface area contributed by atoms with Crippen LogP contribution in [-0.2, 0) is 11.3 Å². The van der Waals surface area contributed by atoms with E-state index < -0.39 is 0 Å². The van der Waals surface area contributed by atoms with E-state index in [1.807, 2.05) is 43.3 Å². The van der Waals surface area contributed by atoms with Crippen molar-refractivity contribution < 1.29 is 9.53 Å². The molecule has 0 atom stereocenters. The average Bonchev–Trinajstić information content (AvgIpc) is 2.61. The minimum absolute atomic E-state index is 0.259. The molecular weight excluding hydrogens is 306 g/mol. The Morgan fingerprint density at radius 1 is 1.21 bits per heavy atom. The van der Waals surface area contributed by atoms with Crippen molar-refractivity contribution in [3.63, 3.8) is 0 Å². The molecule has 2 heterocycles. The summed E-state index contributed by atoms with van der Waals surface area (Å²) in [6.07, 6.45) is 0. The second-order valence-corrected chi connectivity index (χ2v) is 5.57. The lowest BCUT2D eigenvalue weighted by molar-refractivity contribution is 0.122. The molecule has 24 heavy (non-hydrogen) atoms. The maximum absolute atomic E-state index is 12.0. The first kappa shape index (κ1) is 16.2. The van der Waals surface area contributed by atoms with Crippen LogP contribution in [0.2, 0.25) is 0 Å². The fraction of sp³-hybridized carbons (Fsp3) is 0.353. The van der Waals surface area contributed by atoms with Crippen LogP contribution in [0.3, 0.4) is 0 Å². The molecule has 7 heteroatoms. The van der Waals surface area contributed by atoms with Gasteiger partial charge in [0, 0.05) is 24.5 Å². The van der Waals surface area contributed by atoms with Crippen molar-refractivity contribution in [1.82, 2.24) is 15.3 Å². The van der Waals surface area contributed by atoms with Crippen LogP contribution in [0, 0.1) is 6.92 Å². The number of benzene rings is 1. The Bertz CT molecular complexity index is 687. The molecule has 126 valence electrons. The van der Waals surface area contributed by atoms with Crippen molar-refractivity contribution in [2.45, 2.75) is 13.5 Å². The standard InChI is InChI=1S/C17H21N5O2/c1-13-11-15(20-16(19-13)22-7-9-24-10-8-22)12-18-17(23)21-14-5-3-2-4-6-14/h2-6,11H,7-10,12H2,1H3,(H2,18,21,23). The van der Waals surface area contributed by atoms with E-state index in [1.165, 1.54) is 0 Å². The summed E-state index contributed by atoms with van der Waals surface area (Å²) in [7, 11) is 0. The normalized spacial score (nSPS) is 14.3. The minimum atomic E-state index is -0.259. The molecule has 1 aliphatic rings. The molecule has 3 rings (SSSR count). The number of carbonyl (C=O) groups excluding carboxylic acids is 1. The second-order valence-electron chi connectivity index (χ2n) is 5.57. The van der Waals surface area contributed by atoms with Crippen LogP contribution in [0.15, 0.2) is 36.4 Å². The van der Waals surface area contributed by atoms with Crippen LogP contribution in [0.4, 0.5) is 16.4 Å². The Morgan fingerprint density at radius 2 is 1.96 bits per heavy atom. The van der Waals surface area contributed by atoms with E-state index in [-0.39, 0.29) is 6.03 Å². The molecule has 0 spiro atoms. The smallest absolute Gasteiger partial charge is 0.319 e. The maximum atomic E-state index is 12.0. The molecule has 1 aromatic carbocycles. The SMILES string of the molecule is Cc1cc(CNC(=O)Nc2ccccc2)nc(N2CCOCC2)n1. The van der Waals surface area contributed by atoms with Gasteiger partial charge in [0.1, 0.15) is 0 Å². The van der Waals surface area contributed by atoms with Crippen molar-refractivity contribution in [1.29, 1.82) is 0 Å². The van der Waals surface area contributed by atoms with Gasteiger partial charge in [-0.2, -0.15) is 0 Å². The molecule has 0 aliphatic carbocycles. The number of nitrogens with one attached hydrogen (secondary N) is 2. The zero-order valence-corrected chi connectivity index (χ0v) is 13.7. The number of morpholine rings is 1. The predicted molar refractivity (Wildman–Crippen MR) is 92.1 cm³/mol. The number of hydrogen-bond donors (Lipinski definition) is 2. The lowest BCUT2D eigenvalue weighted by Gasteiger charge is -2.27. The Kier molecular flexibility index (Phi) is 5.22. The molecule has 0 unspecified atom stereocenters. The highest BCUT2D eigenvalue weighted by atomic mass is 16.5. The van der Waals surface area contributed by atoms with Gasteiger partial charge in [-0.1, -0.05) is 18.2 Å². The van der Waals surface area contributed by atoms with E-state index in [1.54, 1.807) is 0 Å². The summed E-state index contributed by atoms with van der Waals surface area (Å²) in [6, 6.07) is 10.9. The molecule has 1 aromatic heterocycles. The lowest BCUT2D eigenvalue weighted by atomic mass is 10.3. The number of rotatable bonds is 4. The average molecular weight is 327 g/mol. The fourth-order valence-electron chi connectivity index (χ4n) is 2.48. The van der Waals surface area contributed by atoms with Crippen molar-refractivity contribution >= 4 is 17.7 Å². The van der Waals surface area contributed by atoms with E-state index in [9.17, 15) is 4.79 Å². The molecule has 1 fully saturated rings. The Balaban J connectivity index is 1.60. The predicted octanol–water partition coefficient (Wildman–Crippen LogP) is 1.94. The number of carbonyl (C=O) groups is 1. The Hall–Kier alpha value is -2.67. The van der Waals surface area contributed by atoms with Crippen LogP contribution in [-0.4, -0.2) is 42.3 Å². The first-order valence-electron chi connectivity index (χ1n) is 7.98. The quantitative estimate of drug-likeness (QED) is 0.897. The van der Waals surface area contributed by atoms with E-state index in [2.05, 4.69) is 25.5 Å². The lowest BCUT2D eigenvalue weighted by Crippen LogP contribution is -2.37. The van der Waals surface area contributed by atoms with Gasteiger partial charge in [-0.25, -0.2) is 14.8 Å². The molecule has 0 bridgehead atoms. The molecule has 2 aromatic rings. The number of amides is 2. The Labute approximate surface area is 141 Å². The third kappa shape index (κ3) is 4.42. The number of ether oxygens (including phenoxy) is 1. The summed E-state index contributed by atoms with van der Waals surface area (Å²) < 4.78 is 5.35. The van der Waals surface area contributed by atoms with Gasteiger partial charge in [0.15, 0.2) is 0 Å². The third-order valence-corrected chi connectivity index (χ3v) is 3.65. The number of anilines is 2. The zero-order valence-electron chi connectivity index (χ0n) is 13.7. The minimum Gasteiger partial charge on any atom is -0.378 e. The molecule has 1 saturated heterocycles. The topological polar surface area (TPSA) is 79.4 Å². The maximum Gasteiger partial charge on any atom is 0.319 e. The van der Waals surface area contributed by atoms with Gasteiger partial charge in [-0.3, -0.25) is 0 Å². The van der Waals surface area contributed by atoms with Crippen molar-refractivity contribution in [2.24, 2.45) is 0 Å². The number of hydrogen-bond acceptors (Lipinski definition) is 5. The number of aryl methyl sites for hydroxylation is 1. The Morgan fingerprint density at radius 3 is 2.71 bits per heavy atom. The molecular formula is C17H21N5O2. The summed E-state index contributed by atoms with van der Waals surface area (Å²) in [5, 5.41) is 5.61. The van der Waals surface area contributed by atoms with Crippen LogP contribution >= 0.6 is 0 Å². The molecule has 2 amide bonds. The van der Waals surface area contributed by atoms with Gasteiger partial charge >= 0.3 is 6.03 Å². The number of nitrogens with zero attached hydrogens (tertiary/aromatic N) is 3. The van der Waals surface area contributed by atoms with E-state index in [4.69, 9.17) is 4.74 Å². The van der Waals surface area contributed by atoms with Crippen molar-refractivity contribution in [3.05, 3.63) is 47.8 Å². The van der Waals surface area contributed by atoms with Crippen molar-refractivity contribution in [3.8, 4) is 0 Å². The van der Waals surface area contributed by atoms with Crippen molar-refractivity contribution in [2.75, 3.05) is 36.5 Å². The molecule has 1 aliphatic heterocycles. The van der Waals surface area contributed by atoms with Crippen LogP contribution in [0.1, 0.15) is 11.4 Å². The zero-order chi connectivity index (χ0) is 16.8. The van der Waals surface area contributed by atoms with Gasteiger partial charge in [0.25, 0.3) is 0 Å². The van der Waals surface area contributed by atoms with Gasteiger partial charge in [-0.15, -0.1) is 0 Å². The number of urea groups is 1. The first-order valence-corrected chi connectivity index (χ1v) is 7.98. The number of aromatic nitrogens is 2. The molecule has 2 N–H and O–H groups in total. The van der Waals surface area contributed by atoms with E-state index in [0.717, 1.165) is 30.2 Å². The van der Waals surface area contributed by atoms with Gasteiger partial charge in [0.2, 0.25) is 5.95 Å². The highest BCUT2D eigenvalue weighted by Gasteiger charge is 2.15. The molecule has 0 radical (unpaired) electrons. The summed E-state index contributed by atoms with van der Waals surface area (Å²) in [5.41, 5.74) is 2.42. The van der Waals surface area contributed by atoms with E-state index in [0.29, 0.717) is 25.7 Å². The van der Waals surface area contributed by atoms with Gasteiger partial charge in [-0.05, 0) is 25.1 Å². The highest BCUT2D eigenvalue weighted by Crippen LogP contribution is 2.12. The summed E-state index contributed by atoms with van der Waals surface area (Å²) in [4.78, 5) is 23.1. The van der Waals surface area contributed by atoms with Crippen LogP contribution in [0.25, 0.3) is 0 Å². The second kappa shape index (κ2) is 7.74. The third-order valence-electron chi connectivity index (χ3n) is 3.65. The monoisotopic (exact) mass is 327 g/mol. The van der Waals surface area contributed by atoms with Crippen LogP contribution < -0.4 is 15.5 Å². The summed E-state index contributed by atoms with van der Waals surface area (Å²) >= 11 is 0. The highest BCUT2D eigenvalue weighted by molar-refractivity contribution is 5.89. The number of para-hydroxylation sites is 1.